The standard InChI is InChI=1S/C21H11F3N2O5S/c22-11-6-7-16(15(24)9-11)26-19-14(8-12(23)10-25-19)18(27)17(21(28)29)20(26)32(30,31)13-4-2-1-3-5-13/h1-10H,(H,28,29). The topological polar surface area (TPSA) is 106 Å². The summed E-state index contributed by atoms with van der Waals surface area (Å²) in [5.74, 6) is -5.19. The normalized spacial score (nSPS) is 11.6. The zero-order chi connectivity index (χ0) is 23.2. The predicted molar refractivity (Wildman–Crippen MR) is 106 cm³/mol. The Balaban J connectivity index is 2.32. The second kappa shape index (κ2) is 7.61. The fraction of sp³-hybridized carbons (Fsp3) is 0. The molecule has 0 atom stereocenters. The van der Waals surface area contributed by atoms with Crippen LogP contribution >= 0.6 is 0 Å². The number of pyridine rings is 2. The fourth-order valence-electron chi connectivity index (χ4n) is 3.26. The minimum atomic E-state index is -4.76. The maximum Gasteiger partial charge on any atom is 0.342 e. The number of fused-ring (bicyclic) bond motifs is 1. The van der Waals surface area contributed by atoms with E-state index in [1.807, 2.05) is 0 Å². The van der Waals surface area contributed by atoms with E-state index in [1.165, 1.54) is 18.2 Å². The third-order valence-electron chi connectivity index (χ3n) is 4.61. The Hall–Kier alpha value is -3.99. The van der Waals surface area contributed by atoms with E-state index in [4.69, 9.17) is 0 Å². The summed E-state index contributed by atoms with van der Waals surface area (Å²) < 4.78 is 69.6. The highest BCUT2D eigenvalue weighted by atomic mass is 32.2. The van der Waals surface area contributed by atoms with E-state index in [-0.39, 0.29) is 4.90 Å². The Kier molecular flexibility index (Phi) is 5.05. The molecule has 0 spiro atoms. The first-order chi connectivity index (χ1) is 15.1. The van der Waals surface area contributed by atoms with Gasteiger partial charge in [-0.1, -0.05) is 18.2 Å². The highest BCUT2D eigenvalue weighted by Crippen LogP contribution is 2.30. The molecule has 0 aliphatic rings. The van der Waals surface area contributed by atoms with Gasteiger partial charge in [0.2, 0.25) is 15.3 Å². The van der Waals surface area contributed by atoms with E-state index in [0.717, 1.165) is 24.3 Å². The summed E-state index contributed by atoms with van der Waals surface area (Å²) >= 11 is 0. The number of sulfone groups is 1. The van der Waals surface area contributed by atoms with Crippen molar-refractivity contribution in [3.63, 3.8) is 0 Å². The maximum absolute atomic E-state index is 14.8. The summed E-state index contributed by atoms with van der Waals surface area (Å²) in [5, 5.41) is 8.03. The van der Waals surface area contributed by atoms with Crippen molar-refractivity contribution < 1.29 is 31.5 Å². The van der Waals surface area contributed by atoms with E-state index in [2.05, 4.69) is 4.98 Å². The number of carboxylic acid groups (broad SMARTS) is 1. The van der Waals surface area contributed by atoms with Gasteiger partial charge in [0, 0.05) is 6.07 Å². The number of halogens is 3. The Morgan fingerprint density at radius 3 is 2.28 bits per heavy atom. The summed E-state index contributed by atoms with van der Waals surface area (Å²) in [4.78, 5) is 28.3. The molecule has 0 fully saturated rings. The van der Waals surface area contributed by atoms with Crippen LogP contribution in [-0.2, 0) is 9.84 Å². The van der Waals surface area contributed by atoms with Crippen LogP contribution in [-0.4, -0.2) is 29.0 Å². The van der Waals surface area contributed by atoms with Crippen LogP contribution in [0.2, 0.25) is 0 Å². The molecule has 4 rings (SSSR count). The predicted octanol–water partition coefficient (Wildman–Crippen LogP) is 3.33. The van der Waals surface area contributed by atoms with Crippen LogP contribution in [0.1, 0.15) is 10.4 Å². The van der Waals surface area contributed by atoms with Gasteiger partial charge in [-0.15, -0.1) is 0 Å². The second-order valence-electron chi connectivity index (χ2n) is 6.59. The number of hydrogen-bond donors (Lipinski definition) is 1. The van der Waals surface area contributed by atoms with Gasteiger partial charge in [-0.2, -0.15) is 0 Å². The molecule has 2 heterocycles. The van der Waals surface area contributed by atoms with Crippen molar-refractivity contribution in [1.29, 1.82) is 0 Å². The fourth-order valence-corrected chi connectivity index (χ4v) is 4.87. The van der Waals surface area contributed by atoms with Gasteiger partial charge in [0.25, 0.3) is 0 Å². The van der Waals surface area contributed by atoms with Crippen molar-refractivity contribution in [1.82, 2.24) is 9.55 Å². The summed E-state index contributed by atoms with van der Waals surface area (Å²) in [7, 11) is -4.76. The minimum Gasteiger partial charge on any atom is -0.477 e. The molecule has 0 radical (unpaired) electrons. The van der Waals surface area contributed by atoms with Gasteiger partial charge in [0.15, 0.2) is 5.03 Å². The number of carboxylic acids is 1. The van der Waals surface area contributed by atoms with Crippen molar-refractivity contribution in [2.24, 2.45) is 0 Å². The molecular weight excluding hydrogens is 449 g/mol. The van der Waals surface area contributed by atoms with E-state index in [1.54, 1.807) is 0 Å². The number of aromatic carboxylic acids is 1. The van der Waals surface area contributed by atoms with Gasteiger partial charge in [-0.05, 0) is 30.3 Å². The average molecular weight is 460 g/mol. The van der Waals surface area contributed by atoms with Crippen LogP contribution in [0, 0.1) is 17.5 Å². The highest BCUT2D eigenvalue weighted by molar-refractivity contribution is 7.91. The molecule has 7 nitrogen and oxygen atoms in total. The van der Waals surface area contributed by atoms with Gasteiger partial charge in [-0.25, -0.2) is 31.4 Å². The van der Waals surface area contributed by atoms with Crippen molar-refractivity contribution in [3.8, 4) is 5.69 Å². The lowest BCUT2D eigenvalue weighted by Gasteiger charge is -2.19. The third-order valence-corrected chi connectivity index (χ3v) is 6.39. The Morgan fingerprint density at radius 2 is 1.66 bits per heavy atom. The van der Waals surface area contributed by atoms with Gasteiger partial charge >= 0.3 is 5.97 Å². The number of aromatic nitrogens is 2. The number of carbonyl (C=O) groups is 1. The molecular formula is C21H11F3N2O5S. The number of nitrogens with zero attached hydrogens (tertiary/aromatic N) is 2. The van der Waals surface area contributed by atoms with Gasteiger partial charge in [0.05, 0.1) is 22.2 Å². The second-order valence-corrected chi connectivity index (χ2v) is 8.45. The van der Waals surface area contributed by atoms with Gasteiger partial charge in [0.1, 0.15) is 28.7 Å². The minimum absolute atomic E-state index is 0.389. The molecule has 0 bridgehead atoms. The average Bonchev–Trinajstić information content (AvgIpc) is 2.74. The van der Waals surface area contributed by atoms with Crippen LogP contribution in [0.15, 0.2) is 75.5 Å². The van der Waals surface area contributed by atoms with E-state index >= 15 is 0 Å². The number of benzene rings is 2. The molecule has 162 valence electrons. The van der Waals surface area contributed by atoms with E-state index < -0.39 is 66.0 Å². The van der Waals surface area contributed by atoms with Crippen LogP contribution in [0.5, 0.6) is 0 Å². The largest absolute Gasteiger partial charge is 0.477 e. The first-order valence-corrected chi connectivity index (χ1v) is 10.3. The quantitative estimate of drug-likeness (QED) is 0.501. The zero-order valence-corrected chi connectivity index (χ0v) is 16.6. The van der Waals surface area contributed by atoms with Gasteiger partial charge in [-0.3, -0.25) is 9.36 Å². The van der Waals surface area contributed by atoms with Gasteiger partial charge < -0.3 is 5.11 Å². The van der Waals surface area contributed by atoms with Crippen molar-refractivity contribution in [3.05, 3.63) is 94.0 Å². The summed E-state index contributed by atoms with van der Waals surface area (Å²) in [6.45, 7) is 0. The van der Waals surface area contributed by atoms with Crippen LogP contribution in [0.3, 0.4) is 0 Å². The van der Waals surface area contributed by atoms with Crippen LogP contribution < -0.4 is 5.43 Å². The summed E-state index contributed by atoms with van der Waals surface area (Å²) in [6, 6.07) is 9.31. The van der Waals surface area contributed by atoms with Crippen molar-refractivity contribution in [2.75, 3.05) is 0 Å². The molecule has 0 saturated carbocycles. The molecule has 0 aliphatic carbocycles. The van der Waals surface area contributed by atoms with Crippen molar-refractivity contribution >= 4 is 26.8 Å². The Morgan fingerprint density at radius 1 is 0.969 bits per heavy atom. The highest BCUT2D eigenvalue weighted by Gasteiger charge is 2.34. The third kappa shape index (κ3) is 3.32. The molecule has 0 unspecified atom stereocenters. The van der Waals surface area contributed by atoms with Crippen LogP contribution in [0.4, 0.5) is 13.2 Å². The Bertz CT molecular complexity index is 1570. The molecule has 2 aromatic carbocycles. The van der Waals surface area contributed by atoms with E-state index in [9.17, 15) is 36.3 Å². The summed E-state index contributed by atoms with van der Waals surface area (Å²) in [6.07, 6.45) is 0.652. The molecule has 2 aromatic heterocycles. The molecule has 0 saturated heterocycles. The molecule has 0 amide bonds. The molecule has 11 heteroatoms. The van der Waals surface area contributed by atoms with E-state index in [0.29, 0.717) is 22.9 Å². The molecule has 32 heavy (non-hydrogen) atoms. The lowest BCUT2D eigenvalue weighted by atomic mass is 10.1. The number of rotatable bonds is 4. The number of hydrogen-bond acceptors (Lipinski definition) is 5. The first kappa shape index (κ1) is 21.2. The molecule has 1 N–H and O–H groups in total. The monoisotopic (exact) mass is 460 g/mol. The van der Waals surface area contributed by atoms with Crippen molar-refractivity contribution in [2.45, 2.75) is 9.92 Å². The molecule has 4 aromatic rings. The summed E-state index contributed by atoms with van der Waals surface area (Å²) in [5.41, 5.74) is -3.70. The zero-order valence-electron chi connectivity index (χ0n) is 15.8. The lowest BCUT2D eigenvalue weighted by Crippen LogP contribution is -2.27. The molecule has 0 aliphatic heterocycles. The lowest BCUT2D eigenvalue weighted by molar-refractivity contribution is 0.0690. The Labute approximate surface area is 177 Å². The smallest absolute Gasteiger partial charge is 0.342 e. The van der Waals surface area contributed by atoms with Crippen LogP contribution in [0.25, 0.3) is 16.7 Å². The first-order valence-electron chi connectivity index (χ1n) is 8.86. The SMILES string of the molecule is O=C(O)c1c(S(=O)(=O)c2ccccc2)n(-c2ccc(F)cc2F)c2ncc(F)cc2c1=O. The maximum atomic E-state index is 14.8.